The molecule has 1 aliphatic rings. The standard InChI is InChI=1S/C20H24FNO3/c1-22-12-14-10-16(25-9-3-8-23)5-6-17(14)19(13-22)18-7-4-15(24-2)11-20(18)21/h4-7,10-11,19,23H,3,8-9,12-13H2,1-2H3. The van der Waals surface area contributed by atoms with Crippen molar-refractivity contribution in [2.75, 3.05) is 33.9 Å². The molecular formula is C20H24FNO3. The first-order chi connectivity index (χ1) is 12.1. The minimum atomic E-state index is -0.242. The average molecular weight is 345 g/mol. The molecule has 1 heterocycles. The van der Waals surface area contributed by atoms with Gasteiger partial charge in [0.1, 0.15) is 17.3 Å². The number of benzene rings is 2. The Kier molecular flexibility index (Phi) is 5.56. The van der Waals surface area contributed by atoms with Gasteiger partial charge < -0.3 is 19.5 Å². The molecule has 1 atom stereocenters. The molecule has 0 bridgehead atoms. The van der Waals surface area contributed by atoms with Crippen molar-refractivity contribution in [3.05, 3.63) is 58.9 Å². The summed E-state index contributed by atoms with van der Waals surface area (Å²) in [4.78, 5) is 2.19. The molecule has 0 aromatic heterocycles. The fraction of sp³-hybridized carbons (Fsp3) is 0.400. The van der Waals surface area contributed by atoms with E-state index in [1.54, 1.807) is 6.07 Å². The second kappa shape index (κ2) is 7.85. The maximum atomic E-state index is 14.6. The van der Waals surface area contributed by atoms with Crippen molar-refractivity contribution in [3.8, 4) is 11.5 Å². The van der Waals surface area contributed by atoms with Crippen LogP contribution in [0, 0.1) is 5.82 Å². The quantitative estimate of drug-likeness (QED) is 0.817. The summed E-state index contributed by atoms with van der Waals surface area (Å²) in [5, 5.41) is 8.86. The van der Waals surface area contributed by atoms with E-state index >= 15 is 0 Å². The van der Waals surface area contributed by atoms with E-state index in [9.17, 15) is 4.39 Å². The van der Waals surface area contributed by atoms with Crippen molar-refractivity contribution in [1.29, 1.82) is 0 Å². The highest BCUT2D eigenvalue weighted by atomic mass is 19.1. The summed E-state index contributed by atoms with van der Waals surface area (Å²) >= 11 is 0. The Morgan fingerprint density at radius 2 is 1.92 bits per heavy atom. The van der Waals surface area contributed by atoms with Crippen molar-refractivity contribution in [3.63, 3.8) is 0 Å². The van der Waals surface area contributed by atoms with Crippen LogP contribution in [0.5, 0.6) is 11.5 Å². The lowest BCUT2D eigenvalue weighted by atomic mass is 9.84. The van der Waals surface area contributed by atoms with E-state index in [0.29, 0.717) is 24.3 Å². The summed E-state index contributed by atoms with van der Waals surface area (Å²) in [6.07, 6.45) is 0.608. The van der Waals surface area contributed by atoms with Crippen LogP contribution in [-0.4, -0.2) is 43.9 Å². The van der Waals surface area contributed by atoms with Gasteiger partial charge in [0, 0.05) is 38.1 Å². The molecule has 2 aromatic carbocycles. The average Bonchev–Trinajstić information content (AvgIpc) is 2.61. The third kappa shape index (κ3) is 3.94. The van der Waals surface area contributed by atoms with E-state index in [4.69, 9.17) is 14.6 Å². The maximum absolute atomic E-state index is 14.6. The Labute approximate surface area is 147 Å². The fourth-order valence-electron chi connectivity index (χ4n) is 3.35. The van der Waals surface area contributed by atoms with Gasteiger partial charge in [0.2, 0.25) is 0 Å². The SMILES string of the molecule is COc1ccc(C2CN(C)Cc3cc(OCCCO)ccc32)c(F)c1. The molecule has 0 amide bonds. The van der Waals surface area contributed by atoms with Gasteiger partial charge >= 0.3 is 0 Å². The predicted molar refractivity (Wildman–Crippen MR) is 94.8 cm³/mol. The summed E-state index contributed by atoms with van der Waals surface area (Å²) in [5.74, 6) is 1.05. The zero-order valence-electron chi connectivity index (χ0n) is 14.7. The van der Waals surface area contributed by atoms with E-state index < -0.39 is 0 Å². The number of aliphatic hydroxyl groups excluding tert-OH is 1. The normalized spacial score (nSPS) is 17.2. The molecular weight excluding hydrogens is 321 g/mol. The maximum Gasteiger partial charge on any atom is 0.130 e. The van der Waals surface area contributed by atoms with Crippen molar-refractivity contribution in [2.45, 2.75) is 18.9 Å². The monoisotopic (exact) mass is 345 g/mol. The molecule has 0 radical (unpaired) electrons. The van der Waals surface area contributed by atoms with Crippen LogP contribution in [0.2, 0.25) is 0 Å². The van der Waals surface area contributed by atoms with Gasteiger partial charge in [0.15, 0.2) is 0 Å². The molecule has 5 heteroatoms. The van der Waals surface area contributed by atoms with Crippen LogP contribution in [0.4, 0.5) is 4.39 Å². The Morgan fingerprint density at radius 1 is 1.16 bits per heavy atom. The van der Waals surface area contributed by atoms with Crippen LogP contribution in [0.25, 0.3) is 0 Å². The highest BCUT2D eigenvalue weighted by molar-refractivity contribution is 5.45. The van der Waals surface area contributed by atoms with Crippen LogP contribution >= 0.6 is 0 Å². The molecule has 1 aliphatic heterocycles. The lowest BCUT2D eigenvalue weighted by Crippen LogP contribution is -2.31. The summed E-state index contributed by atoms with van der Waals surface area (Å²) < 4.78 is 25.4. The first-order valence-electron chi connectivity index (χ1n) is 8.51. The predicted octanol–water partition coefficient (Wildman–Crippen LogP) is 3.17. The van der Waals surface area contributed by atoms with Crippen molar-refractivity contribution in [1.82, 2.24) is 4.90 Å². The summed E-state index contributed by atoms with van der Waals surface area (Å²) in [7, 11) is 3.58. The second-order valence-electron chi connectivity index (χ2n) is 6.42. The number of methoxy groups -OCH3 is 1. The molecule has 3 rings (SSSR count). The minimum absolute atomic E-state index is 0.0221. The van der Waals surface area contributed by atoms with Gasteiger partial charge in [-0.2, -0.15) is 0 Å². The molecule has 2 aromatic rings. The van der Waals surface area contributed by atoms with E-state index in [1.807, 2.05) is 31.3 Å². The molecule has 1 N–H and O–H groups in total. The van der Waals surface area contributed by atoms with E-state index in [0.717, 1.165) is 30.0 Å². The number of hydrogen-bond acceptors (Lipinski definition) is 4. The number of fused-ring (bicyclic) bond motifs is 1. The van der Waals surface area contributed by atoms with Gasteiger partial charge in [-0.1, -0.05) is 12.1 Å². The molecule has 25 heavy (non-hydrogen) atoms. The lowest BCUT2D eigenvalue weighted by Gasteiger charge is -2.33. The van der Waals surface area contributed by atoms with Crippen LogP contribution in [0.15, 0.2) is 36.4 Å². The van der Waals surface area contributed by atoms with Crippen molar-refractivity contribution >= 4 is 0 Å². The number of nitrogens with zero attached hydrogens (tertiary/aromatic N) is 1. The zero-order chi connectivity index (χ0) is 17.8. The first kappa shape index (κ1) is 17.7. The molecule has 1 unspecified atom stereocenters. The van der Waals surface area contributed by atoms with Gasteiger partial charge in [-0.3, -0.25) is 0 Å². The minimum Gasteiger partial charge on any atom is -0.497 e. The fourth-order valence-corrected chi connectivity index (χ4v) is 3.35. The second-order valence-corrected chi connectivity index (χ2v) is 6.42. The molecule has 0 spiro atoms. The highest BCUT2D eigenvalue weighted by Gasteiger charge is 2.27. The molecule has 4 nitrogen and oxygen atoms in total. The zero-order valence-corrected chi connectivity index (χ0v) is 14.7. The largest absolute Gasteiger partial charge is 0.497 e. The molecule has 134 valence electrons. The Morgan fingerprint density at radius 3 is 2.64 bits per heavy atom. The highest BCUT2D eigenvalue weighted by Crippen LogP contribution is 2.36. The molecule has 0 fully saturated rings. The molecule has 0 saturated heterocycles. The Hall–Kier alpha value is -2.11. The van der Waals surface area contributed by atoms with Crippen LogP contribution < -0.4 is 9.47 Å². The topological polar surface area (TPSA) is 41.9 Å². The van der Waals surface area contributed by atoms with Crippen LogP contribution in [-0.2, 0) is 6.54 Å². The number of halogens is 1. The lowest BCUT2D eigenvalue weighted by molar-refractivity contribution is 0.233. The van der Waals surface area contributed by atoms with Gasteiger partial charge in [-0.25, -0.2) is 4.39 Å². The molecule has 0 aliphatic carbocycles. The van der Waals surface area contributed by atoms with Gasteiger partial charge in [-0.15, -0.1) is 0 Å². The van der Waals surface area contributed by atoms with E-state index in [1.165, 1.54) is 13.2 Å². The number of rotatable bonds is 6. The van der Waals surface area contributed by atoms with Crippen LogP contribution in [0.3, 0.4) is 0 Å². The van der Waals surface area contributed by atoms with Gasteiger partial charge in [-0.05, 0) is 41.9 Å². The van der Waals surface area contributed by atoms with Crippen molar-refractivity contribution in [2.24, 2.45) is 0 Å². The Balaban J connectivity index is 1.91. The smallest absolute Gasteiger partial charge is 0.130 e. The van der Waals surface area contributed by atoms with E-state index in [2.05, 4.69) is 4.90 Å². The van der Waals surface area contributed by atoms with E-state index in [-0.39, 0.29) is 18.3 Å². The number of hydrogen-bond donors (Lipinski definition) is 1. The van der Waals surface area contributed by atoms with Gasteiger partial charge in [0.05, 0.1) is 13.7 Å². The third-order valence-corrected chi connectivity index (χ3v) is 4.58. The number of ether oxygens (including phenoxy) is 2. The van der Waals surface area contributed by atoms with Crippen molar-refractivity contribution < 1.29 is 19.0 Å². The van der Waals surface area contributed by atoms with Gasteiger partial charge in [0.25, 0.3) is 0 Å². The number of likely N-dealkylation sites (N-methyl/N-ethyl adjacent to an activating group) is 1. The van der Waals surface area contributed by atoms with Crippen LogP contribution in [0.1, 0.15) is 29.0 Å². The summed E-state index contributed by atoms with van der Waals surface area (Å²) in [6.45, 7) is 2.18. The summed E-state index contributed by atoms with van der Waals surface area (Å²) in [6, 6.07) is 11.0. The number of aliphatic hydroxyl groups is 1. The third-order valence-electron chi connectivity index (χ3n) is 4.58. The Bertz CT molecular complexity index is 735. The molecule has 0 saturated carbocycles. The summed E-state index contributed by atoms with van der Waals surface area (Å²) in [5.41, 5.74) is 2.97. The first-order valence-corrected chi connectivity index (χ1v) is 8.51.